The van der Waals surface area contributed by atoms with Crippen molar-refractivity contribution in [1.82, 2.24) is 4.72 Å². The molecule has 0 aliphatic rings. The van der Waals surface area contributed by atoms with Crippen LogP contribution in [0.3, 0.4) is 0 Å². The lowest BCUT2D eigenvalue weighted by Gasteiger charge is -2.08. The van der Waals surface area contributed by atoms with E-state index in [4.69, 9.17) is 28.5 Å². The summed E-state index contributed by atoms with van der Waals surface area (Å²) in [6.07, 6.45) is 0. The lowest BCUT2D eigenvalue weighted by atomic mass is 10.1. The van der Waals surface area contributed by atoms with Gasteiger partial charge in [-0.25, -0.2) is 17.5 Å². The summed E-state index contributed by atoms with van der Waals surface area (Å²) in [4.78, 5) is -0.0845. The third-order valence-electron chi connectivity index (χ3n) is 2.83. The molecule has 8 heteroatoms. The Kier molecular flexibility index (Phi) is 5.04. The van der Waals surface area contributed by atoms with E-state index in [-0.39, 0.29) is 32.6 Å². The summed E-state index contributed by atoms with van der Waals surface area (Å²) in [5.41, 5.74) is 0.313. The van der Waals surface area contributed by atoms with Crippen LogP contribution in [0.15, 0.2) is 41.3 Å². The fourth-order valence-electron chi connectivity index (χ4n) is 1.68. The summed E-state index contributed by atoms with van der Waals surface area (Å²) >= 11 is 11.5. The lowest BCUT2D eigenvalue weighted by molar-refractivity contribution is 0.574. The highest BCUT2D eigenvalue weighted by Crippen LogP contribution is 2.24. The van der Waals surface area contributed by atoms with Crippen molar-refractivity contribution in [2.24, 2.45) is 0 Å². The molecule has 2 aromatic rings. The van der Waals surface area contributed by atoms with Gasteiger partial charge in [-0.2, -0.15) is 5.26 Å². The maximum absolute atomic E-state index is 13.6. The Bertz CT molecular complexity index is 864. The minimum absolute atomic E-state index is 0.0719. The lowest BCUT2D eigenvalue weighted by Crippen LogP contribution is -2.23. The van der Waals surface area contributed by atoms with Gasteiger partial charge in [-0.15, -0.1) is 0 Å². The van der Waals surface area contributed by atoms with Crippen molar-refractivity contribution in [2.75, 3.05) is 0 Å². The first kappa shape index (κ1) is 16.7. The van der Waals surface area contributed by atoms with Crippen LogP contribution < -0.4 is 4.72 Å². The molecule has 0 saturated heterocycles. The second-order valence-electron chi connectivity index (χ2n) is 4.32. The summed E-state index contributed by atoms with van der Waals surface area (Å²) in [7, 11) is -3.88. The standard InChI is InChI=1S/C14H9Cl2FN2O2S/c15-12-3-2-11(6-13(12)16)22(20,21)19-8-10-5-9(7-18)1-4-14(10)17/h1-6,19H,8H2. The van der Waals surface area contributed by atoms with Crippen LogP contribution in [-0.4, -0.2) is 8.42 Å². The highest BCUT2D eigenvalue weighted by molar-refractivity contribution is 7.89. The van der Waals surface area contributed by atoms with Crippen LogP contribution in [0.25, 0.3) is 0 Å². The summed E-state index contributed by atoms with van der Waals surface area (Å²) in [5, 5.41) is 9.11. The van der Waals surface area contributed by atoms with E-state index in [1.165, 1.54) is 30.3 Å². The van der Waals surface area contributed by atoms with Gasteiger partial charge in [-0.05, 0) is 36.4 Å². The summed E-state index contributed by atoms with van der Waals surface area (Å²) < 4.78 is 40.1. The van der Waals surface area contributed by atoms with Gasteiger partial charge in [-0.1, -0.05) is 23.2 Å². The van der Waals surface area contributed by atoms with E-state index in [1.807, 2.05) is 6.07 Å². The van der Waals surface area contributed by atoms with Crippen molar-refractivity contribution in [3.05, 3.63) is 63.4 Å². The fourth-order valence-corrected chi connectivity index (χ4v) is 3.08. The first-order valence-corrected chi connectivity index (χ1v) is 8.20. The average Bonchev–Trinajstić information content (AvgIpc) is 2.49. The molecule has 1 N–H and O–H groups in total. The molecular weight excluding hydrogens is 350 g/mol. The maximum Gasteiger partial charge on any atom is 0.240 e. The van der Waals surface area contributed by atoms with Gasteiger partial charge in [0.15, 0.2) is 0 Å². The zero-order chi connectivity index (χ0) is 16.3. The van der Waals surface area contributed by atoms with E-state index in [2.05, 4.69) is 4.72 Å². The van der Waals surface area contributed by atoms with Gasteiger partial charge in [0.2, 0.25) is 10.0 Å². The Balaban J connectivity index is 2.23. The summed E-state index contributed by atoms with van der Waals surface area (Å²) in [6, 6.07) is 9.42. The molecule has 0 unspecified atom stereocenters. The molecule has 0 bridgehead atoms. The van der Waals surface area contributed by atoms with E-state index in [0.717, 1.165) is 6.07 Å². The SMILES string of the molecule is N#Cc1ccc(F)c(CNS(=O)(=O)c2ccc(Cl)c(Cl)c2)c1. The maximum atomic E-state index is 13.6. The van der Waals surface area contributed by atoms with E-state index in [1.54, 1.807) is 0 Å². The predicted molar refractivity (Wildman–Crippen MR) is 81.6 cm³/mol. The van der Waals surface area contributed by atoms with Crippen molar-refractivity contribution in [1.29, 1.82) is 5.26 Å². The van der Waals surface area contributed by atoms with Crippen LogP contribution in [0.2, 0.25) is 10.0 Å². The molecule has 0 spiro atoms. The molecule has 0 aliphatic carbocycles. The first-order valence-electron chi connectivity index (χ1n) is 5.97. The van der Waals surface area contributed by atoms with Crippen LogP contribution in [0.5, 0.6) is 0 Å². The largest absolute Gasteiger partial charge is 0.240 e. The molecular formula is C14H9Cl2FN2O2S. The van der Waals surface area contributed by atoms with Gasteiger partial charge in [0.1, 0.15) is 5.82 Å². The van der Waals surface area contributed by atoms with Crippen LogP contribution in [0.1, 0.15) is 11.1 Å². The third kappa shape index (κ3) is 3.76. The molecule has 0 atom stereocenters. The predicted octanol–water partition coefficient (Wildman–Crippen LogP) is 3.48. The minimum atomic E-state index is -3.88. The fraction of sp³-hybridized carbons (Fsp3) is 0.0714. The number of halogens is 3. The summed E-state index contributed by atoms with van der Waals surface area (Å²) in [6.45, 7) is -0.288. The highest BCUT2D eigenvalue weighted by atomic mass is 35.5. The number of hydrogen-bond donors (Lipinski definition) is 1. The number of hydrogen-bond acceptors (Lipinski definition) is 3. The first-order chi connectivity index (χ1) is 10.3. The normalized spacial score (nSPS) is 11.2. The molecule has 0 heterocycles. The molecule has 0 amide bonds. The van der Waals surface area contributed by atoms with Crippen molar-refractivity contribution >= 4 is 33.2 Å². The molecule has 22 heavy (non-hydrogen) atoms. The molecule has 0 aliphatic heterocycles. The van der Waals surface area contributed by atoms with Gasteiger partial charge >= 0.3 is 0 Å². The highest BCUT2D eigenvalue weighted by Gasteiger charge is 2.16. The van der Waals surface area contributed by atoms with Crippen molar-refractivity contribution in [3.63, 3.8) is 0 Å². The van der Waals surface area contributed by atoms with E-state index >= 15 is 0 Å². The Morgan fingerprint density at radius 2 is 1.86 bits per heavy atom. The van der Waals surface area contributed by atoms with E-state index < -0.39 is 15.8 Å². The Morgan fingerprint density at radius 1 is 1.14 bits per heavy atom. The smallest absolute Gasteiger partial charge is 0.207 e. The summed E-state index contributed by atoms with van der Waals surface area (Å²) in [5.74, 6) is -0.601. The van der Waals surface area contributed by atoms with E-state index in [9.17, 15) is 12.8 Å². The second kappa shape index (κ2) is 6.63. The number of sulfonamides is 1. The molecule has 4 nitrogen and oxygen atoms in total. The number of rotatable bonds is 4. The Hall–Kier alpha value is -1.65. The molecule has 2 aromatic carbocycles. The monoisotopic (exact) mass is 358 g/mol. The van der Waals surface area contributed by atoms with Crippen molar-refractivity contribution in [2.45, 2.75) is 11.4 Å². The molecule has 0 aromatic heterocycles. The molecule has 114 valence electrons. The van der Waals surface area contributed by atoms with Crippen LogP contribution in [-0.2, 0) is 16.6 Å². The average molecular weight is 359 g/mol. The zero-order valence-electron chi connectivity index (χ0n) is 11.0. The van der Waals surface area contributed by atoms with Crippen LogP contribution in [0, 0.1) is 17.1 Å². The Morgan fingerprint density at radius 3 is 2.50 bits per heavy atom. The molecule has 0 radical (unpaired) electrons. The van der Waals surface area contributed by atoms with Gasteiger partial charge in [0.05, 0.1) is 26.6 Å². The van der Waals surface area contributed by atoms with Crippen LogP contribution >= 0.6 is 23.2 Å². The van der Waals surface area contributed by atoms with Gasteiger partial charge in [0.25, 0.3) is 0 Å². The minimum Gasteiger partial charge on any atom is -0.207 e. The number of nitrogens with zero attached hydrogens (tertiary/aromatic N) is 1. The van der Waals surface area contributed by atoms with Gasteiger partial charge in [-0.3, -0.25) is 0 Å². The molecule has 2 rings (SSSR count). The topological polar surface area (TPSA) is 70.0 Å². The Labute approximate surface area is 137 Å². The second-order valence-corrected chi connectivity index (χ2v) is 6.90. The van der Waals surface area contributed by atoms with E-state index in [0.29, 0.717) is 0 Å². The third-order valence-corrected chi connectivity index (χ3v) is 4.97. The quantitative estimate of drug-likeness (QED) is 0.909. The molecule has 0 saturated carbocycles. The zero-order valence-corrected chi connectivity index (χ0v) is 13.3. The van der Waals surface area contributed by atoms with Gasteiger partial charge < -0.3 is 0 Å². The molecule has 0 fully saturated rings. The number of nitriles is 1. The van der Waals surface area contributed by atoms with Crippen molar-refractivity contribution in [3.8, 4) is 6.07 Å². The number of benzene rings is 2. The van der Waals surface area contributed by atoms with Crippen LogP contribution in [0.4, 0.5) is 4.39 Å². The van der Waals surface area contributed by atoms with Gasteiger partial charge in [0, 0.05) is 12.1 Å². The van der Waals surface area contributed by atoms with Crippen molar-refractivity contribution < 1.29 is 12.8 Å². The number of nitrogens with one attached hydrogen (secondary N) is 1.